The van der Waals surface area contributed by atoms with E-state index in [9.17, 15) is 4.79 Å². The van der Waals surface area contributed by atoms with E-state index in [-0.39, 0.29) is 5.91 Å². The average molecular weight is 268 g/mol. The van der Waals surface area contributed by atoms with E-state index in [1.54, 1.807) is 18.2 Å². The van der Waals surface area contributed by atoms with Gasteiger partial charge >= 0.3 is 0 Å². The van der Waals surface area contributed by atoms with Gasteiger partial charge in [-0.25, -0.2) is 4.98 Å². The minimum Gasteiger partial charge on any atom is -0.321 e. The lowest BCUT2D eigenvalue weighted by Gasteiger charge is -2.05. The van der Waals surface area contributed by atoms with Gasteiger partial charge in [0, 0.05) is 12.4 Å². The smallest absolute Gasteiger partial charge is 0.257 e. The molecule has 1 amide bonds. The van der Waals surface area contributed by atoms with Crippen LogP contribution in [0, 0.1) is 0 Å². The molecule has 0 aliphatic heterocycles. The third-order valence-electron chi connectivity index (χ3n) is 2.00. The van der Waals surface area contributed by atoms with Crippen molar-refractivity contribution in [1.82, 2.24) is 9.97 Å². The molecule has 0 saturated heterocycles. The van der Waals surface area contributed by atoms with E-state index < -0.39 is 0 Å². The molecule has 2 rings (SSSR count). The minimum absolute atomic E-state index is 0.298. The second-order valence-corrected chi connectivity index (χ2v) is 3.97. The van der Waals surface area contributed by atoms with Gasteiger partial charge in [0.1, 0.15) is 5.15 Å². The number of carbonyl (C=O) groups excluding carboxylic acids is 1. The van der Waals surface area contributed by atoms with Gasteiger partial charge in [0.2, 0.25) is 0 Å². The summed E-state index contributed by atoms with van der Waals surface area (Å²) in [7, 11) is 0. The van der Waals surface area contributed by atoms with Gasteiger partial charge in [0.25, 0.3) is 5.91 Å². The van der Waals surface area contributed by atoms with Crippen LogP contribution in [0.1, 0.15) is 10.4 Å². The van der Waals surface area contributed by atoms with Crippen molar-refractivity contribution in [3.05, 3.63) is 52.5 Å². The van der Waals surface area contributed by atoms with Crippen LogP contribution >= 0.6 is 23.2 Å². The summed E-state index contributed by atoms with van der Waals surface area (Å²) in [6.45, 7) is 0. The van der Waals surface area contributed by atoms with Gasteiger partial charge in [-0.1, -0.05) is 23.2 Å². The van der Waals surface area contributed by atoms with Gasteiger partial charge in [-0.2, -0.15) is 0 Å². The van der Waals surface area contributed by atoms with Crippen LogP contribution in [-0.4, -0.2) is 15.9 Å². The Labute approximate surface area is 108 Å². The lowest BCUT2D eigenvalue weighted by Crippen LogP contribution is -2.12. The molecular weight excluding hydrogens is 261 g/mol. The van der Waals surface area contributed by atoms with Gasteiger partial charge in [-0.3, -0.25) is 9.78 Å². The van der Waals surface area contributed by atoms with Crippen LogP contribution in [0.15, 0.2) is 36.8 Å². The van der Waals surface area contributed by atoms with Gasteiger partial charge in [0.15, 0.2) is 0 Å². The molecule has 17 heavy (non-hydrogen) atoms. The molecule has 86 valence electrons. The first-order chi connectivity index (χ1) is 8.16. The standard InChI is InChI=1S/C11H7Cl2N3O/c12-9-6-14-4-3-8(9)11(17)16-7-1-2-10(13)15-5-7/h1-6H,(H,16,17). The third kappa shape index (κ3) is 2.93. The number of anilines is 1. The molecule has 0 aromatic carbocycles. The fourth-order valence-corrected chi connectivity index (χ4v) is 1.52. The number of aromatic nitrogens is 2. The first kappa shape index (κ1) is 11.8. The summed E-state index contributed by atoms with van der Waals surface area (Å²) in [5.74, 6) is -0.318. The summed E-state index contributed by atoms with van der Waals surface area (Å²) in [5, 5.41) is 3.32. The predicted molar refractivity (Wildman–Crippen MR) is 66.4 cm³/mol. The van der Waals surface area contributed by atoms with Crippen LogP contribution in [0.3, 0.4) is 0 Å². The maximum atomic E-state index is 11.8. The molecular formula is C11H7Cl2N3O. The molecule has 0 atom stereocenters. The van der Waals surface area contributed by atoms with Crippen molar-refractivity contribution in [1.29, 1.82) is 0 Å². The zero-order valence-electron chi connectivity index (χ0n) is 8.52. The zero-order valence-corrected chi connectivity index (χ0v) is 10.0. The van der Waals surface area contributed by atoms with Crippen LogP contribution < -0.4 is 5.32 Å². The highest BCUT2D eigenvalue weighted by Gasteiger charge is 2.10. The van der Waals surface area contributed by atoms with E-state index in [1.165, 1.54) is 18.6 Å². The van der Waals surface area contributed by atoms with Crippen LogP contribution in [0.25, 0.3) is 0 Å². The first-order valence-corrected chi connectivity index (χ1v) is 5.45. The molecule has 2 heterocycles. The van der Waals surface area contributed by atoms with Gasteiger partial charge in [-0.05, 0) is 18.2 Å². The van der Waals surface area contributed by atoms with Crippen LogP contribution in [-0.2, 0) is 0 Å². The number of nitrogens with zero attached hydrogens (tertiary/aromatic N) is 2. The Morgan fingerprint density at radius 2 is 2.00 bits per heavy atom. The summed E-state index contributed by atoms with van der Waals surface area (Å²) >= 11 is 11.5. The Hall–Kier alpha value is -1.65. The topological polar surface area (TPSA) is 54.9 Å². The minimum atomic E-state index is -0.318. The lowest BCUT2D eigenvalue weighted by atomic mass is 10.2. The Morgan fingerprint density at radius 1 is 1.18 bits per heavy atom. The monoisotopic (exact) mass is 267 g/mol. The summed E-state index contributed by atoms with van der Waals surface area (Å²) in [4.78, 5) is 19.5. The van der Waals surface area contributed by atoms with Crippen molar-refractivity contribution in [3.8, 4) is 0 Å². The van der Waals surface area contributed by atoms with Crippen molar-refractivity contribution < 1.29 is 4.79 Å². The highest BCUT2D eigenvalue weighted by molar-refractivity contribution is 6.34. The van der Waals surface area contributed by atoms with E-state index in [1.807, 2.05) is 0 Å². The maximum absolute atomic E-state index is 11.8. The van der Waals surface area contributed by atoms with E-state index in [0.717, 1.165) is 0 Å². The molecule has 0 aliphatic rings. The molecule has 0 unspecified atom stereocenters. The van der Waals surface area contributed by atoms with Crippen molar-refractivity contribution in [2.45, 2.75) is 0 Å². The predicted octanol–water partition coefficient (Wildman–Crippen LogP) is 3.04. The largest absolute Gasteiger partial charge is 0.321 e. The molecule has 0 fully saturated rings. The van der Waals surface area contributed by atoms with E-state index in [4.69, 9.17) is 23.2 Å². The molecule has 0 aliphatic carbocycles. The maximum Gasteiger partial charge on any atom is 0.257 e. The second-order valence-electron chi connectivity index (χ2n) is 3.18. The van der Waals surface area contributed by atoms with Gasteiger partial charge in [0.05, 0.1) is 22.5 Å². The van der Waals surface area contributed by atoms with Crippen LogP contribution in [0.5, 0.6) is 0 Å². The summed E-state index contributed by atoms with van der Waals surface area (Å²) < 4.78 is 0. The zero-order chi connectivity index (χ0) is 12.3. The number of nitrogens with one attached hydrogen (secondary N) is 1. The first-order valence-electron chi connectivity index (χ1n) is 4.69. The van der Waals surface area contributed by atoms with Gasteiger partial charge in [-0.15, -0.1) is 0 Å². The van der Waals surface area contributed by atoms with Crippen LogP contribution in [0.4, 0.5) is 5.69 Å². The summed E-state index contributed by atoms with van der Waals surface area (Å²) in [5.41, 5.74) is 0.906. The highest BCUT2D eigenvalue weighted by atomic mass is 35.5. The quantitative estimate of drug-likeness (QED) is 0.851. The number of amides is 1. The Morgan fingerprint density at radius 3 is 2.65 bits per heavy atom. The van der Waals surface area contributed by atoms with Crippen molar-refractivity contribution >= 4 is 34.8 Å². The highest BCUT2D eigenvalue weighted by Crippen LogP contribution is 2.16. The van der Waals surface area contributed by atoms with E-state index in [0.29, 0.717) is 21.4 Å². The molecule has 4 nitrogen and oxygen atoms in total. The molecule has 2 aromatic heterocycles. The Kier molecular flexibility index (Phi) is 3.56. The number of hydrogen-bond donors (Lipinski definition) is 1. The normalized spacial score (nSPS) is 10.0. The average Bonchev–Trinajstić information content (AvgIpc) is 2.32. The number of carbonyl (C=O) groups is 1. The molecule has 0 saturated carbocycles. The Balaban J connectivity index is 2.17. The lowest BCUT2D eigenvalue weighted by molar-refractivity contribution is 0.102. The summed E-state index contributed by atoms with van der Waals surface area (Å²) in [6, 6.07) is 4.79. The van der Waals surface area contributed by atoms with Crippen LogP contribution in [0.2, 0.25) is 10.2 Å². The fraction of sp³-hybridized carbons (Fsp3) is 0. The molecule has 2 aromatic rings. The molecule has 1 N–H and O–H groups in total. The summed E-state index contributed by atoms with van der Waals surface area (Å²) in [6.07, 6.45) is 4.38. The number of hydrogen-bond acceptors (Lipinski definition) is 3. The molecule has 0 radical (unpaired) electrons. The number of rotatable bonds is 2. The SMILES string of the molecule is O=C(Nc1ccc(Cl)nc1)c1ccncc1Cl. The molecule has 6 heteroatoms. The molecule has 0 bridgehead atoms. The van der Waals surface area contributed by atoms with Crippen molar-refractivity contribution in [2.24, 2.45) is 0 Å². The van der Waals surface area contributed by atoms with Crippen molar-refractivity contribution in [3.63, 3.8) is 0 Å². The number of pyridine rings is 2. The number of halogens is 2. The van der Waals surface area contributed by atoms with E-state index in [2.05, 4.69) is 15.3 Å². The fourth-order valence-electron chi connectivity index (χ4n) is 1.21. The Bertz CT molecular complexity index is 543. The van der Waals surface area contributed by atoms with Gasteiger partial charge < -0.3 is 5.32 Å². The second kappa shape index (κ2) is 5.12. The van der Waals surface area contributed by atoms with Crippen molar-refractivity contribution in [2.75, 3.05) is 5.32 Å². The molecule has 0 spiro atoms. The van der Waals surface area contributed by atoms with E-state index >= 15 is 0 Å². The third-order valence-corrected chi connectivity index (χ3v) is 2.53.